The van der Waals surface area contributed by atoms with Crippen molar-refractivity contribution in [1.82, 2.24) is 9.88 Å². The Morgan fingerprint density at radius 3 is 2.82 bits per heavy atom. The molecule has 0 aliphatic heterocycles. The predicted molar refractivity (Wildman–Crippen MR) is 74.3 cm³/mol. The number of hydrogen-bond donors (Lipinski definition) is 1. The summed E-state index contributed by atoms with van der Waals surface area (Å²) < 4.78 is 2.29. The van der Waals surface area contributed by atoms with Gasteiger partial charge in [-0.15, -0.1) is 11.3 Å². The van der Waals surface area contributed by atoms with Gasteiger partial charge in [-0.25, -0.2) is 0 Å². The first-order valence-corrected chi connectivity index (χ1v) is 7.14. The monoisotopic (exact) mass is 248 g/mol. The Kier molecular flexibility index (Phi) is 4.40. The third kappa shape index (κ3) is 2.99. The smallest absolute Gasteiger partial charge is 0.0415 e. The van der Waals surface area contributed by atoms with Crippen LogP contribution < -0.4 is 5.32 Å². The molecule has 2 heterocycles. The van der Waals surface area contributed by atoms with E-state index in [2.05, 4.69) is 59.6 Å². The van der Waals surface area contributed by atoms with Gasteiger partial charge in [0.25, 0.3) is 0 Å². The van der Waals surface area contributed by atoms with Gasteiger partial charge in [-0.3, -0.25) is 0 Å². The zero-order valence-electron chi connectivity index (χ0n) is 10.5. The van der Waals surface area contributed by atoms with Crippen molar-refractivity contribution >= 4 is 11.3 Å². The molecular formula is C14H20N2S. The Labute approximate surface area is 107 Å². The quantitative estimate of drug-likeness (QED) is 0.822. The molecule has 3 heteroatoms. The van der Waals surface area contributed by atoms with Crippen molar-refractivity contribution in [1.29, 1.82) is 0 Å². The highest BCUT2D eigenvalue weighted by molar-refractivity contribution is 7.10. The molecule has 2 rings (SSSR count). The van der Waals surface area contributed by atoms with Crippen LogP contribution in [0, 0.1) is 0 Å². The second kappa shape index (κ2) is 6.03. The molecule has 0 radical (unpaired) electrons. The van der Waals surface area contributed by atoms with Gasteiger partial charge in [0.05, 0.1) is 0 Å². The lowest BCUT2D eigenvalue weighted by atomic mass is 10.2. The average Bonchev–Trinajstić information content (AvgIpc) is 2.99. The van der Waals surface area contributed by atoms with Gasteiger partial charge in [0.2, 0.25) is 0 Å². The molecule has 0 aliphatic rings. The van der Waals surface area contributed by atoms with Gasteiger partial charge < -0.3 is 9.88 Å². The van der Waals surface area contributed by atoms with Crippen molar-refractivity contribution in [2.24, 2.45) is 0 Å². The summed E-state index contributed by atoms with van der Waals surface area (Å²) >= 11 is 1.83. The number of aryl methyl sites for hydroxylation is 1. The summed E-state index contributed by atoms with van der Waals surface area (Å²) in [5.74, 6) is 0. The van der Waals surface area contributed by atoms with Crippen molar-refractivity contribution in [2.45, 2.75) is 39.4 Å². The summed E-state index contributed by atoms with van der Waals surface area (Å²) in [6.07, 6.45) is 3.27. The minimum Gasteiger partial charge on any atom is -0.351 e. The Bertz CT molecular complexity index is 431. The van der Waals surface area contributed by atoms with E-state index in [-0.39, 0.29) is 0 Å². The predicted octanol–water partition coefficient (Wildman–Crippen LogP) is 3.81. The fraction of sp³-hybridized carbons (Fsp3) is 0.429. The van der Waals surface area contributed by atoms with E-state index < -0.39 is 0 Å². The standard InChI is InChI=1S/C14H20N2S/c1-3-13(14-8-6-10-17-14)15-11-12-7-5-9-16(12)4-2/h5-10,13,15H,3-4,11H2,1-2H3. The van der Waals surface area contributed by atoms with Crippen LogP contribution in [0.5, 0.6) is 0 Å². The molecule has 2 aromatic heterocycles. The van der Waals surface area contributed by atoms with E-state index >= 15 is 0 Å². The van der Waals surface area contributed by atoms with Crippen LogP contribution in [-0.4, -0.2) is 4.57 Å². The highest BCUT2D eigenvalue weighted by Crippen LogP contribution is 2.22. The van der Waals surface area contributed by atoms with Crippen LogP contribution in [0.2, 0.25) is 0 Å². The Balaban J connectivity index is 1.97. The molecule has 0 spiro atoms. The van der Waals surface area contributed by atoms with Gasteiger partial charge in [-0.05, 0) is 36.9 Å². The maximum Gasteiger partial charge on any atom is 0.0415 e. The van der Waals surface area contributed by atoms with Gasteiger partial charge in [0.15, 0.2) is 0 Å². The number of aromatic nitrogens is 1. The van der Waals surface area contributed by atoms with Gasteiger partial charge in [0, 0.05) is 35.9 Å². The molecule has 0 aromatic carbocycles. The molecule has 0 fully saturated rings. The third-order valence-corrected chi connectivity index (χ3v) is 4.07. The highest BCUT2D eigenvalue weighted by atomic mass is 32.1. The largest absolute Gasteiger partial charge is 0.351 e. The molecular weight excluding hydrogens is 228 g/mol. The molecule has 0 amide bonds. The van der Waals surface area contributed by atoms with Crippen molar-refractivity contribution < 1.29 is 0 Å². The van der Waals surface area contributed by atoms with Crippen LogP contribution in [0.3, 0.4) is 0 Å². The summed E-state index contributed by atoms with van der Waals surface area (Å²) in [4.78, 5) is 1.43. The first-order chi connectivity index (χ1) is 8.35. The van der Waals surface area contributed by atoms with Crippen LogP contribution in [0.4, 0.5) is 0 Å². The topological polar surface area (TPSA) is 17.0 Å². The molecule has 0 aliphatic carbocycles. The molecule has 0 saturated carbocycles. The maximum absolute atomic E-state index is 3.64. The minimum atomic E-state index is 0.482. The van der Waals surface area contributed by atoms with Crippen molar-refractivity contribution in [3.05, 3.63) is 46.4 Å². The number of nitrogens with one attached hydrogen (secondary N) is 1. The number of rotatable bonds is 6. The Morgan fingerprint density at radius 1 is 1.29 bits per heavy atom. The maximum atomic E-state index is 3.64. The van der Waals surface area contributed by atoms with Crippen LogP contribution >= 0.6 is 11.3 Å². The molecule has 92 valence electrons. The van der Waals surface area contributed by atoms with Gasteiger partial charge in [-0.2, -0.15) is 0 Å². The SMILES string of the molecule is CCC(NCc1cccn1CC)c1cccs1. The summed E-state index contributed by atoms with van der Waals surface area (Å²) in [7, 11) is 0. The van der Waals surface area contributed by atoms with Gasteiger partial charge in [0.1, 0.15) is 0 Å². The van der Waals surface area contributed by atoms with Crippen LogP contribution in [0.25, 0.3) is 0 Å². The molecule has 1 unspecified atom stereocenters. The Morgan fingerprint density at radius 2 is 2.18 bits per heavy atom. The minimum absolute atomic E-state index is 0.482. The first-order valence-electron chi connectivity index (χ1n) is 6.26. The highest BCUT2D eigenvalue weighted by Gasteiger charge is 2.10. The molecule has 0 saturated heterocycles. The number of nitrogens with zero attached hydrogens (tertiary/aromatic N) is 1. The zero-order chi connectivity index (χ0) is 12.1. The lowest BCUT2D eigenvalue weighted by Gasteiger charge is -2.16. The van der Waals surface area contributed by atoms with E-state index in [1.54, 1.807) is 0 Å². The van der Waals surface area contributed by atoms with E-state index in [4.69, 9.17) is 0 Å². The zero-order valence-corrected chi connectivity index (χ0v) is 11.3. The fourth-order valence-corrected chi connectivity index (χ4v) is 2.97. The van der Waals surface area contributed by atoms with Crippen LogP contribution in [-0.2, 0) is 13.1 Å². The second-order valence-corrected chi connectivity index (χ2v) is 5.12. The van der Waals surface area contributed by atoms with E-state index in [9.17, 15) is 0 Å². The summed E-state index contributed by atoms with van der Waals surface area (Å²) in [5.41, 5.74) is 1.36. The molecule has 17 heavy (non-hydrogen) atoms. The second-order valence-electron chi connectivity index (χ2n) is 4.14. The van der Waals surface area contributed by atoms with Gasteiger partial charge in [-0.1, -0.05) is 13.0 Å². The van der Waals surface area contributed by atoms with E-state index in [1.165, 1.54) is 10.6 Å². The number of thiophene rings is 1. The normalized spacial score (nSPS) is 12.8. The molecule has 2 aromatic rings. The Hall–Kier alpha value is -1.06. The lowest BCUT2D eigenvalue weighted by molar-refractivity contribution is 0.510. The first kappa shape index (κ1) is 12.4. The molecule has 2 nitrogen and oxygen atoms in total. The molecule has 0 bridgehead atoms. The van der Waals surface area contributed by atoms with Crippen molar-refractivity contribution in [2.75, 3.05) is 0 Å². The molecule has 1 atom stereocenters. The fourth-order valence-electron chi connectivity index (χ4n) is 2.08. The van der Waals surface area contributed by atoms with E-state index in [1.807, 2.05) is 11.3 Å². The van der Waals surface area contributed by atoms with Crippen LogP contribution in [0.1, 0.15) is 36.9 Å². The number of hydrogen-bond acceptors (Lipinski definition) is 2. The summed E-state index contributed by atoms with van der Waals surface area (Å²) in [5, 5.41) is 5.79. The van der Waals surface area contributed by atoms with Crippen molar-refractivity contribution in [3.8, 4) is 0 Å². The van der Waals surface area contributed by atoms with E-state index in [0.717, 1.165) is 19.5 Å². The van der Waals surface area contributed by atoms with Crippen LogP contribution in [0.15, 0.2) is 35.8 Å². The summed E-state index contributed by atoms with van der Waals surface area (Å²) in [6.45, 7) is 6.40. The van der Waals surface area contributed by atoms with E-state index in [0.29, 0.717) is 6.04 Å². The molecule has 1 N–H and O–H groups in total. The van der Waals surface area contributed by atoms with Gasteiger partial charge >= 0.3 is 0 Å². The average molecular weight is 248 g/mol. The summed E-state index contributed by atoms with van der Waals surface area (Å²) in [6, 6.07) is 9.13. The third-order valence-electron chi connectivity index (χ3n) is 3.09. The van der Waals surface area contributed by atoms with Crippen molar-refractivity contribution in [3.63, 3.8) is 0 Å². The lowest BCUT2D eigenvalue weighted by Crippen LogP contribution is -2.21.